The SMILES string of the molecule is CC(CC(=O)O)CC(=O)NC(=O)NCC1CC1C. The lowest BCUT2D eigenvalue weighted by Crippen LogP contribution is -2.40. The molecule has 1 rings (SSSR count). The molecular formula is C12H20N2O4. The van der Waals surface area contributed by atoms with E-state index in [0.29, 0.717) is 18.4 Å². The van der Waals surface area contributed by atoms with Crippen LogP contribution < -0.4 is 10.6 Å². The molecular weight excluding hydrogens is 236 g/mol. The van der Waals surface area contributed by atoms with Gasteiger partial charge in [-0.1, -0.05) is 13.8 Å². The highest BCUT2D eigenvalue weighted by Crippen LogP contribution is 2.36. The Hall–Kier alpha value is -1.59. The predicted molar refractivity (Wildman–Crippen MR) is 64.8 cm³/mol. The fourth-order valence-electron chi connectivity index (χ4n) is 1.82. The Morgan fingerprint density at radius 3 is 2.44 bits per heavy atom. The normalized spacial score (nSPS) is 23.0. The minimum Gasteiger partial charge on any atom is -0.481 e. The molecule has 3 atom stereocenters. The Labute approximate surface area is 106 Å². The number of carboxylic acids is 1. The van der Waals surface area contributed by atoms with Crippen LogP contribution in [0.15, 0.2) is 0 Å². The van der Waals surface area contributed by atoms with Gasteiger partial charge >= 0.3 is 12.0 Å². The van der Waals surface area contributed by atoms with Gasteiger partial charge in [-0.15, -0.1) is 0 Å². The highest BCUT2D eigenvalue weighted by atomic mass is 16.4. The second-order valence-electron chi connectivity index (χ2n) is 5.14. The molecule has 0 saturated heterocycles. The summed E-state index contributed by atoms with van der Waals surface area (Å²) in [4.78, 5) is 33.2. The molecule has 102 valence electrons. The van der Waals surface area contributed by atoms with Crippen LogP contribution in [0, 0.1) is 17.8 Å². The van der Waals surface area contributed by atoms with Gasteiger partial charge in [-0.2, -0.15) is 0 Å². The summed E-state index contributed by atoms with van der Waals surface area (Å²) in [6.07, 6.45) is 1.08. The molecule has 0 spiro atoms. The van der Waals surface area contributed by atoms with Gasteiger partial charge in [-0.25, -0.2) is 4.79 Å². The molecule has 3 amide bonds. The number of hydrogen-bond acceptors (Lipinski definition) is 3. The molecule has 3 N–H and O–H groups in total. The monoisotopic (exact) mass is 256 g/mol. The molecule has 18 heavy (non-hydrogen) atoms. The molecule has 0 radical (unpaired) electrons. The summed E-state index contributed by atoms with van der Waals surface area (Å²) in [5.74, 6) is -0.486. The molecule has 6 heteroatoms. The minimum atomic E-state index is -0.942. The largest absolute Gasteiger partial charge is 0.481 e. The first-order chi connectivity index (χ1) is 8.38. The number of urea groups is 1. The minimum absolute atomic E-state index is 0.0412. The van der Waals surface area contributed by atoms with Gasteiger partial charge in [0.15, 0.2) is 0 Å². The third kappa shape index (κ3) is 5.65. The summed E-state index contributed by atoms with van der Waals surface area (Å²) < 4.78 is 0. The Kier molecular flexibility index (Phi) is 5.12. The molecule has 1 fully saturated rings. The van der Waals surface area contributed by atoms with Crippen molar-refractivity contribution in [3.63, 3.8) is 0 Å². The van der Waals surface area contributed by atoms with Gasteiger partial charge in [0.2, 0.25) is 5.91 Å². The number of carbonyl (C=O) groups excluding carboxylic acids is 2. The second kappa shape index (κ2) is 6.37. The van der Waals surface area contributed by atoms with E-state index in [0.717, 1.165) is 6.42 Å². The molecule has 0 aromatic heterocycles. The molecule has 0 aliphatic heterocycles. The molecule has 0 aromatic rings. The molecule has 1 aliphatic rings. The van der Waals surface area contributed by atoms with Crippen LogP contribution in [0.5, 0.6) is 0 Å². The average Bonchev–Trinajstić information content (AvgIpc) is 2.89. The number of amides is 3. The zero-order valence-corrected chi connectivity index (χ0v) is 10.7. The van der Waals surface area contributed by atoms with Crippen molar-refractivity contribution < 1.29 is 19.5 Å². The topological polar surface area (TPSA) is 95.5 Å². The number of carbonyl (C=O) groups is 3. The first-order valence-electron chi connectivity index (χ1n) is 6.18. The summed E-state index contributed by atoms with van der Waals surface area (Å²) in [5.41, 5.74) is 0. The summed E-state index contributed by atoms with van der Waals surface area (Å²) in [5, 5.41) is 13.4. The van der Waals surface area contributed by atoms with Crippen molar-refractivity contribution >= 4 is 17.9 Å². The van der Waals surface area contributed by atoms with Crippen LogP contribution in [-0.4, -0.2) is 29.6 Å². The standard InChI is InChI=1S/C12H20N2O4/c1-7(4-11(16)17)3-10(15)14-12(18)13-6-9-5-8(9)2/h7-9H,3-6H2,1-2H3,(H,16,17)(H2,13,14,15,18). The van der Waals surface area contributed by atoms with Gasteiger partial charge in [0.25, 0.3) is 0 Å². The van der Waals surface area contributed by atoms with Crippen molar-refractivity contribution in [2.24, 2.45) is 17.8 Å². The first-order valence-corrected chi connectivity index (χ1v) is 6.18. The maximum absolute atomic E-state index is 11.4. The van der Waals surface area contributed by atoms with E-state index in [1.54, 1.807) is 6.92 Å². The zero-order valence-electron chi connectivity index (χ0n) is 10.7. The Balaban J connectivity index is 2.14. The van der Waals surface area contributed by atoms with Gasteiger partial charge < -0.3 is 10.4 Å². The van der Waals surface area contributed by atoms with Crippen LogP contribution in [-0.2, 0) is 9.59 Å². The van der Waals surface area contributed by atoms with Crippen molar-refractivity contribution in [2.45, 2.75) is 33.1 Å². The third-order valence-corrected chi connectivity index (χ3v) is 3.11. The van der Waals surface area contributed by atoms with Crippen LogP contribution in [0.4, 0.5) is 4.79 Å². The van der Waals surface area contributed by atoms with E-state index in [1.807, 2.05) is 0 Å². The number of aliphatic carboxylic acids is 1. The molecule has 1 aliphatic carbocycles. The van der Waals surface area contributed by atoms with E-state index in [9.17, 15) is 14.4 Å². The van der Waals surface area contributed by atoms with Crippen LogP contribution in [0.3, 0.4) is 0 Å². The van der Waals surface area contributed by atoms with Crippen LogP contribution >= 0.6 is 0 Å². The van der Waals surface area contributed by atoms with Crippen LogP contribution in [0.2, 0.25) is 0 Å². The highest BCUT2D eigenvalue weighted by Gasteiger charge is 2.32. The maximum Gasteiger partial charge on any atom is 0.321 e. The van der Waals surface area contributed by atoms with Crippen molar-refractivity contribution in [2.75, 3.05) is 6.54 Å². The fourth-order valence-corrected chi connectivity index (χ4v) is 1.82. The molecule has 3 unspecified atom stereocenters. The first kappa shape index (κ1) is 14.5. The van der Waals surface area contributed by atoms with E-state index >= 15 is 0 Å². The summed E-state index contributed by atoms with van der Waals surface area (Å²) in [6, 6.07) is -0.498. The molecule has 1 saturated carbocycles. The van der Waals surface area contributed by atoms with E-state index in [-0.39, 0.29) is 18.8 Å². The number of carboxylic acid groups (broad SMARTS) is 1. The van der Waals surface area contributed by atoms with Gasteiger partial charge in [0.1, 0.15) is 0 Å². The molecule has 6 nitrogen and oxygen atoms in total. The van der Waals surface area contributed by atoms with Gasteiger partial charge in [0.05, 0.1) is 0 Å². The van der Waals surface area contributed by atoms with E-state index in [1.165, 1.54) is 0 Å². The predicted octanol–water partition coefficient (Wildman–Crippen LogP) is 0.969. The van der Waals surface area contributed by atoms with Gasteiger partial charge in [-0.3, -0.25) is 14.9 Å². The molecule has 0 bridgehead atoms. The average molecular weight is 256 g/mol. The number of nitrogens with one attached hydrogen (secondary N) is 2. The quantitative estimate of drug-likeness (QED) is 0.659. The highest BCUT2D eigenvalue weighted by molar-refractivity contribution is 5.94. The lowest BCUT2D eigenvalue weighted by atomic mass is 10.0. The number of rotatable bonds is 6. The summed E-state index contributed by atoms with van der Waals surface area (Å²) >= 11 is 0. The third-order valence-electron chi connectivity index (χ3n) is 3.11. The molecule has 0 heterocycles. The van der Waals surface area contributed by atoms with Crippen molar-refractivity contribution in [1.29, 1.82) is 0 Å². The zero-order chi connectivity index (χ0) is 13.7. The lowest BCUT2D eigenvalue weighted by molar-refractivity contribution is -0.138. The summed E-state index contributed by atoms with van der Waals surface area (Å²) in [7, 11) is 0. The number of hydrogen-bond donors (Lipinski definition) is 3. The van der Waals surface area contributed by atoms with E-state index in [2.05, 4.69) is 17.6 Å². The van der Waals surface area contributed by atoms with E-state index < -0.39 is 17.9 Å². The second-order valence-corrected chi connectivity index (χ2v) is 5.14. The van der Waals surface area contributed by atoms with Crippen LogP contribution in [0.1, 0.15) is 33.1 Å². The van der Waals surface area contributed by atoms with Crippen molar-refractivity contribution in [1.82, 2.24) is 10.6 Å². The smallest absolute Gasteiger partial charge is 0.321 e. The molecule has 0 aromatic carbocycles. The van der Waals surface area contributed by atoms with Gasteiger partial charge in [0, 0.05) is 19.4 Å². The van der Waals surface area contributed by atoms with Crippen LogP contribution in [0.25, 0.3) is 0 Å². The Morgan fingerprint density at radius 2 is 1.94 bits per heavy atom. The maximum atomic E-state index is 11.4. The van der Waals surface area contributed by atoms with Crippen molar-refractivity contribution in [3.8, 4) is 0 Å². The van der Waals surface area contributed by atoms with Gasteiger partial charge in [-0.05, 0) is 24.2 Å². The number of imide groups is 1. The van der Waals surface area contributed by atoms with E-state index in [4.69, 9.17) is 5.11 Å². The van der Waals surface area contributed by atoms with Crippen molar-refractivity contribution in [3.05, 3.63) is 0 Å². The Morgan fingerprint density at radius 1 is 1.33 bits per heavy atom. The summed E-state index contributed by atoms with van der Waals surface area (Å²) in [6.45, 7) is 4.37. The lowest BCUT2D eigenvalue weighted by Gasteiger charge is -2.09. The fraction of sp³-hybridized carbons (Fsp3) is 0.750. The Bertz CT molecular complexity index is 343.